The zero-order chi connectivity index (χ0) is 44.9. The number of ether oxygens (including phenoxy) is 5. The molecule has 2 aromatic heterocycles. The number of carbonyl (C=O) groups is 5. The number of carbonyl (C=O) groups excluding carboxylic acids is 5. The Labute approximate surface area is 362 Å². The number of alkyl carbamates (subject to hydrolysis) is 1. The fraction of sp³-hybridized carbons (Fsp3) is 0.651. The van der Waals surface area contributed by atoms with Gasteiger partial charge in [-0.05, 0) is 76.6 Å². The smallest absolute Gasteiger partial charge is 0.408 e. The van der Waals surface area contributed by atoms with Crippen LogP contribution < -0.4 is 5.32 Å². The summed E-state index contributed by atoms with van der Waals surface area (Å²) in [5.41, 5.74) is -7.19. The Kier molecular flexibility index (Phi) is 13.3. The van der Waals surface area contributed by atoms with E-state index in [0.717, 1.165) is 0 Å². The molecule has 16 nitrogen and oxygen atoms in total. The minimum atomic E-state index is -2.24. The molecule has 2 aromatic rings. The largest absolute Gasteiger partial charge is 0.472 e. The first-order valence-corrected chi connectivity index (χ1v) is 23.0. The molecular formula is C43H57NO15S2. The minimum Gasteiger partial charge on any atom is -0.472 e. The molecule has 3 fully saturated rings. The van der Waals surface area contributed by atoms with Crippen LogP contribution in [0.25, 0.3) is 0 Å². The van der Waals surface area contributed by atoms with E-state index in [4.69, 9.17) is 32.5 Å². The second-order valence-electron chi connectivity index (χ2n) is 18.3. The predicted molar refractivity (Wildman–Crippen MR) is 221 cm³/mol. The summed E-state index contributed by atoms with van der Waals surface area (Å²) < 4.78 is 40.6. The van der Waals surface area contributed by atoms with Crippen molar-refractivity contribution in [2.24, 2.45) is 22.2 Å². The molecule has 1 amide bonds. The van der Waals surface area contributed by atoms with E-state index in [0.29, 0.717) is 12.2 Å². The molecule has 1 aliphatic heterocycles. The molecule has 11 atom stereocenters. The normalized spacial score (nSPS) is 32.8. The number of esters is 3. The lowest BCUT2D eigenvalue weighted by molar-refractivity contribution is -0.313. The molecule has 336 valence electrons. The molecule has 3 aliphatic carbocycles. The van der Waals surface area contributed by atoms with Crippen LogP contribution in [0, 0.1) is 22.2 Å². The lowest BCUT2D eigenvalue weighted by Gasteiger charge is -2.68. The first kappa shape index (κ1) is 46.7. The first-order chi connectivity index (χ1) is 28.5. The van der Waals surface area contributed by atoms with Crippen LogP contribution >= 0.6 is 21.6 Å². The van der Waals surface area contributed by atoms with Crippen molar-refractivity contribution in [3.63, 3.8) is 0 Å². The highest BCUT2D eigenvalue weighted by molar-refractivity contribution is 8.76. The van der Waals surface area contributed by atoms with Gasteiger partial charge in [0.25, 0.3) is 0 Å². The number of Topliss-reactive ketones (excluding diaryl/α,β-unsaturated/α-hetero) is 1. The third kappa shape index (κ3) is 8.52. The second-order valence-corrected chi connectivity index (χ2v) is 21.0. The maximum Gasteiger partial charge on any atom is 0.408 e. The van der Waals surface area contributed by atoms with Crippen molar-refractivity contribution in [1.82, 2.24) is 5.32 Å². The molecule has 0 spiro atoms. The van der Waals surface area contributed by atoms with Gasteiger partial charge in [-0.1, -0.05) is 42.4 Å². The summed E-state index contributed by atoms with van der Waals surface area (Å²) in [6, 6.07) is 2.82. The van der Waals surface area contributed by atoms with Gasteiger partial charge >= 0.3 is 24.0 Å². The Morgan fingerprint density at radius 1 is 1.07 bits per heavy atom. The van der Waals surface area contributed by atoms with E-state index >= 15 is 4.79 Å². The van der Waals surface area contributed by atoms with Crippen LogP contribution in [0.15, 0.2) is 57.0 Å². The SMILES string of the molecule is CSSCCCC(=O)O[C@H]1C(=O)[C@@]2(C)[C@H]([C@H](OC(=O)c3ccoc3)[C@]3(O)C[C@H](OC(=O)[C@H](O)[C@@H](NC(=O)OC(C)(C)C)c4ccco4)C(C)=C1C3(C)C)[C@]1(C)CO[C@@H]1C[C@@H]2O. The van der Waals surface area contributed by atoms with Gasteiger partial charge in [-0.25, -0.2) is 14.4 Å². The number of rotatable bonds is 13. The molecule has 18 heteroatoms. The number of nitrogens with one attached hydrogen (secondary N) is 1. The van der Waals surface area contributed by atoms with Crippen LogP contribution in [-0.2, 0) is 38.1 Å². The number of fused-ring (bicyclic) bond motifs is 5. The van der Waals surface area contributed by atoms with Crippen LogP contribution in [0.3, 0.4) is 0 Å². The summed E-state index contributed by atoms with van der Waals surface area (Å²) in [5.74, 6) is -4.06. The summed E-state index contributed by atoms with van der Waals surface area (Å²) in [4.78, 5) is 70.5. The first-order valence-electron chi connectivity index (χ1n) is 20.3. The second kappa shape index (κ2) is 17.4. The molecule has 0 aromatic carbocycles. The van der Waals surface area contributed by atoms with Crippen molar-refractivity contribution in [2.75, 3.05) is 18.6 Å². The molecule has 1 saturated heterocycles. The quantitative estimate of drug-likeness (QED) is 0.0640. The van der Waals surface area contributed by atoms with Gasteiger partial charge < -0.3 is 53.2 Å². The summed E-state index contributed by atoms with van der Waals surface area (Å²) in [7, 11) is 3.10. The predicted octanol–water partition coefficient (Wildman–Crippen LogP) is 5.49. The van der Waals surface area contributed by atoms with E-state index in [1.54, 1.807) is 70.1 Å². The van der Waals surface area contributed by atoms with Crippen molar-refractivity contribution in [2.45, 2.75) is 135 Å². The van der Waals surface area contributed by atoms with Crippen LogP contribution in [0.5, 0.6) is 0 Å². The van der Waals surface area contributed by atoms with E-state index < -0.39 is 112 Å². The van der Waals surface area contributed by atoms with Gasteiger partial charge in [0.1, 0.15) is 41.5 Å². The third-order valence-corrected chi connectivity index (χ3v) is 15.0. The van der Waals surface area contributed by atoms with Crippen LogP contribution in [0.2, 0.25) is 0 Å². The standard InChI is InChI=1S/C43H57NO15S2/c1-22-25(56-37(50)31(47)30(24-12-10-15-54-24)44-38(51)59-39(2,3)4)19-43(52)35(58-36(49)23-14-16-53-20-23)33-41(7)21-55-27(41)18-26(45)42(33,8)34(48)32(29(22)40(43,5)6)57-28(46)13-11-17-61-60-9/h10,12,14-16,20,25-27,30-33,35,45,47,52H,11,13,17-19,21H2,1-9H3,(H,44,51)/t25-,26-,27+,30-,31+,32+,33+,35-,41+,42+,43+/m0/s1. The molecule has 61 heavy (non-hydrogen) atoms. The minimum absolute atomic E-state index is 0.000618. The van der Waals surface area contributed by atoms with Gasteiger partial charge in [-0.3, -0.25) is 9.59 Å². The number of hydrogen-bond acceptors (Lipinski definition) is 17. The summed E-state index contributed by atoms with van der Waals surface area (Å²) in [6.45, 7) is 13.2. The number of amides is 1. The molecular weight excluding hydrogens is 835 g/mol. The highest BCUT2D eigenvalue weighted by Gasteiger charge is 2.75. The number of hydrogen-bond donors (Lipinski definition) is 4. The lowest BCUT2D eigenvalue weighted by Crippen LogP contribution is -2.78. The number of ketones is 1. The summed E-state index contributed by atoms with van der Waals surface area (Å²) in [6.07, 6.45) is -4.15. The third-order valence-electron chi connectivity index (χ3n) is 13.1. The average Bonchev–Trinajstić information content (AvgIpc) is 3.92. The van der Waals surface area contributed by atoms with Gasteiger partial charge in [-0.15, -0.1) is 0 Å². The number of aliphatic hydroxyl groups excluding tert-OH is 2. The van der Waals surface area contributed by atoms with Crippen molar-refractivity contribution in [3.05, 3.63) is 59.5 Å². The van der Waals surface area contributed by atoms with E-state index in [-0.39, 0.29) is 41.9 Å². The van der Waals surface area contributed by atoms with Gasteiger partial charge in [0, 0.05) is 41.8 Å². The van der Waals surface area contributed by atoms with Crippen molar-refractivity contribution < 1.29 is 71.8 Å². The topological polar surface area (TPSA) is 230 Å². The molecule has 4 N–H and O–H groups in total. The number of furan rings is 2. The van der Waals surface area contributed by atoms with Crippen molar-refractivity contribution in [3.8, 4) is 0 Å². The summed E-state index contributed by atoms with van der Waals surface area (Å²) in [5, 5.41) is 39.8. The molecule has 6 rings (SSSR count). The molecule has 4 aliphatic rings. The van der Waals surface area contributed by atoms with E-state index in [9.17, 15) is 34.5 Å². The van der Waals surface area contributed by atoms with E-state index in [1.165, 1.54) is 37.0 Å². The zero-order valence-electron chi connectivity index (χ0n) is 35.9. The fourth-order valence-electron chi connectivity index (χ4n) is 9.77. The van der Waals surface area contributed by atoms with Crippen LogP contribution in [-0.4, -0.2) is 112 Å². The molecule has 3 heterocycles. The molecule has 2 bridgehead atoms. The Morgan fingerprint density at radius 2 is 1.79 bits per heavy atom. The van der Waals surface area contributed by atoms with Gasteiger partial charge in [0.2, 0.25) is 0 Å². The maximum absolute atomic E-state index is 15.6. The molecule has 0 radical (unpaired) electrons. The van der Waals surface area contributed by atoms with Crippen molar-refractivity contribution >= 4 is 51.4 Å². The number of aliphatic hydroxyl groups is 3. The Bertz CT molecular complexity index is 1990. The van der Waals surface area contributed by atoms with E-state index in [1.807, 2.05) is 13.2 Å². The zero-order valence-corrected chi connectivity index (χ0v) is 37.5. The Morgan fingerprint density at radius 3 is 2.38 bits per heavy atom. The monoisotopic (exact) mass is 891 g/mol. The van der Waals surface area contributed by atoms with Gasteiger partial charge in [0.05, 0.1) is 42.3 Å². The van der Waals surface area contributed by atoms with Crippen LogP contribution in [0.4, 0.5) is 4.79 Å². The van der Waals surface area contributed by atoms with Crippen LogP contribution in [0.1, 0.15) is 103 Å². The lowest BCUT2D eigenvalue weighted by atomic mass is 9.42. The van der Waals surface area contributed by atoms with E-state index in [2.05, 4.69) is 5.32 Å². The Balaban J connectivity index is 1.49. The average molecular weight is 892 g/mol. The Hall–Kier alpha value is -3.81. The fourth-order valence-corrected chi connectivity index (χ4v) is 11.1. The summed E-state index contributed by atoms with van der Waals surface area (Å²) >= 11 is 0. The van der Waals surface area contributed by atoms with Gasteiger partial charge in [-0.2, -0.15) is 0 Å². The highest BCUT2D eigenvalue weighted by Crippen LogP contribution is 2.66. The van der Waals surface area contributed by atoms with Gasteiger partial charge in [0.15, 0.2) is 18.0 Å². The molecule has 2 saturated carbocycles. The highest BCUT2D eigenvalue weighted by atomic mass is 33.1. The maximum atomic E-state index is 15.6. The molecule has 0 unspecified atom stereocenters. The van der Waals surface area contributed by atoms with Crippen molar-refractivity contribution in [1.29, 1.82) is 0 Å².